The zero-order valence-electron chi connectivity index (χ0n) is 17.0. The zero-order chi connectivity index (χ0) is 21.8. The van der Waals surface area contributed by atoms with Crippen LogP contribution in [-0.2, 0) is 24.4 Å². The van der Waals surface area contributed by atoms with E-state index in [4.69, 9.17) is 0 Å². The highest BCUT2D eigenvalue weighted by molar-refractivity contribution is 5.78. The summed E-state index contributed by atoms with van der Waals surface area (Å²) in [7, 11) is 0. The lowest BCUT2D eigenvalue weighted by Gasteiger charge is -2.14. The number of fused-ring (bicyclic) bond motifs is 1. The third-order valence-corrected chi connectivity index (χ3v) is 4.95. The highest BCUT2D eigenvalue weighted by Gasteiger charge is 2.16. The summed E-state index contributed by atoms with van der Waals surface area (Å²) in [5, 5.41) is 2.81. The summed E-state index contributed by atoms with van der Waals surface area (Å²) in [6.07, 6.45) is 4.79. The van der Waals surface area contributed by atoms with Gasteiger partial charge in [0.25, 0.3) is 0 Å². The van der Waals surface area contributed by atoms with Gasteiger partial charge in [-0.05, 0) is 42.3 Å². The predicted molar refractivity (Wildman–Crippen MR) is 117 cm³/mol. The van der Waals surface area contributed by atoms with Crippen molar-refractivity contribution in [2.45, 2.75) is 26.6 Å². The van der Waals surface area contributed by atoms with Gasteiger partial charge in [0.15, 0.2) is 5.65 Å². The molecule has 1 N–H and O–H groups in total. The molecular formula is C23H21N5O3. The minimum absolute atomic E-state index is 0.185. The lowest BCUT2D eigenvalue weighted by Crippen LogP contribution is -2.44. The third kappa shape index (κ3) is 4.42. The molecule has 0 spiro atoms. The Bertz CT molecular complexity index is 1360. The maximum Gasteiger partial charge on any atom is 0.318 e. The number of benzene rings is 1. The second kappa shape index (κ2) is 8.74. The second-order valence-corrected chi connectivity index (χ2v) is 7.25. The first kappa shape index (κ1) is 20.2. The molecule has 3 heterocycles. The van der Waals surface area contributed by atoms with Gasteiger partial charge in [0, 0.05) is 25.1 Å². The Labute approximate surface area is 177 Å². The number of hydrogen-bond donors (Lipinski definition) is 1. The zero-order valence-corrected chi connectivity index (χ0v) is 17.0. The maximum absolute atomic E-state index is 12.9. The number of carbonyl (C=O) groups excluding carboxylic acids is 1. The van der Waals surface area contributed by atoms with Crippen molar-refractivity contribution in [3.05, 3.63) is 105 Å². The molecule has 0 atom stereocenters. The van der Waals surface area contributed by atoms with E-state index >= 15 is 0 Å². The molecule has 31 heavy (non-hydrogen) atoms. The highest BCUT2D eigenvalue weighted by Crippen LogP contribution is 2.10. The normalized spacial score (nSPS) is 10.9. The highest BCUT2D eigenvalue weighted by atomic mass is 16.2. The van der Waals surface area contributed by atoms with Gasteiger partial charge in [0.2, 0.25) is 5.91 Å². The number of carbonyl (C=O) groups is 1. The molecule has 3 aromatic heterocycles. The first-order chi connectivity index (χ1) is 15.0. The molecule has 4 aromatic rings. The molecule has 0 unspecified atom stereocenters. The van der Waals surface area contributed by atoms with Crippen molar-refractivity contribution in [1.29, 1.82) is 0 Å². The second-order valence-electron chi connectivity index (χ2n) is 7.25. The van der Waals surface area contributed by atoms with Crippen molar-refractivity contribution >= 4 is 17.1 Å². The van der Waals surface area contributed by atoms with E-state index < -0.39 is 11.1 Å². The number of aryl methyl sites for hydroxylation is 1. The van der Waals surface area contributed by atoms with Gasteiger partial charge in [-0.1, -0.05) is 29.8 Å². The SMILES string of the molecule is Cc1cccc(CNC(=O)Cn2c(=O)c(=O)n(Cc3ccncc3)c3ncccc32)c1. The molecule has 8 nitrogen and oxygen atoms in total. The van der Waals surface area contributed by atoms with Crippen LogP contribution in [0.25, 0.3) is 11.2 Å². The standard InChI is InChI=1S/C23H21N5O3/c1-16-4-2-5-18(12-16)13-26-20(29)15-27-19-6-3-9-25-21(19)28(23(31)22(27)30)14-17-7-10-24-11-8-17/h2-12H,13-15H2,1H3,(H,26,29). The number of rotatable bonds is 6. The molecule has 8 heteroatoms. The fourth-order valence-corrected chi connectivity index (χ4v) is 3.44. The van der Waals surface area contributed by atoms with Gasteiger partial charge >= 0.3 is 11.1 Å². The lowest BCUT2D eigenvalue weighted by atomic mass is 10.1. The summed E-state index contributed by atoms with van der Waals surface area (Å²) in [5.74, 6) is -0.361. The Morgan fingerprint density at radius 3 is 2.48 bits per heavy atom. The molecule has 0 aliphatic carbocycles. The first-order valence-electron chi connectivity index (χ1n) is 9.82. The lowest BCUT2D eigenvalue weighted by molar-refractivity contribution is -0.121. The van der Waals surface area contributed by atoms with Crippen LogP contribution in [0.15, 0.2) is 76.7 Å². The van der Waals surface area contributed by atoms with Crippen LogP contribution < -0.4 is 16.4 Å². The van der Waals surface area contributed by atoms with Gasteiger partial charge < -0.3 is 5.32 Å². The number of nitrogens with one attached hydrogen (secondary N) is 1. The van der Waals surface area contributed by atoms with Crippen molar-refractivity contribution < 1.29 is 4.79 Å². The van der Waals surface area contributed by atoms with E-state index in [1.807, 2.05) is 31.2 Å². The molecule has 4 rings (SSSR count). The number of hydrogen-bond acceptors (Lipinski definition) is 5. The van der Waals surface area contributed by atoms with Crippen molar-refractivity contribution in [2.75, 3.05) is 0 Å². The molecule has 0 radical (unpaired) electrons. The molecule has 0 aliphatic rings. The molecule has 156 valence electrons. The van der Waals surface area contributed by atoms with E-state index in [1.54, 1.807) is 42.9 Å². The Hall–Kier alpha value is -4.07. The predicted octanol–water partition coefficient (Wildman–Crippen LogP) is 1.63. The first-order valence-corrected chi connectivity index (χ1v) is 9.82. The average molecular weight is 415 g/mol. The molecule has 1 aromatic carbocycles. The van der Waals surface area contributed by atoms with Gasteiger partial charge in [-0.3, -0.25) is 28.5 Å². The number of amides is 1. The molecule has 0 saturated heterocycles. The van der Waals surface area contributed by atoms with E-state index in [-0.39, 0.29) is 19.0 Å². The van der Waals surface area contributed by atoms with E-state index in [0.717, 1.165) is 16.7 Å². The van der Waals surface area contributed by atoms with Crippen LogP contribution in [0.4, 0.5) is 0 Å². The molecule has 1 amide bonds. The average Bonchev–Trinajstić information content (AvgIpc) is 2.79. The van der Waals surface area contributed by atoms with Crippen LogP contribution in [-0.4, -0.2) is 25.0 Å². The molecule has 0 aliphatic heterocycles. The van der Waals surface area contributed by atoms with Crippen molar-refractivity contribution in [3.8, 4) is 0 Å². The van der Waals surface area contributed by atoms with Crippen LogP contribution in [0.1, 0.15) is 16.7 Å². The third-order valence-electron chi connectivity index (χ3n) is 4.95. The van der Waals surface area contributed by atoms with Crippen molar-refractivity contribution in [1.82, 2.24) is 24.4 Å². The topological polar surface area (TPSA) is 98.9 Å². The minimum Gasteiger partial charge on any atom is -0.350 e. The summed E-state index contributed by atoms with van der Waals surface area (Å²) in [6.45, 7) is 2.23. The van der Waals surface area contributed by atoms with Gasteiger partial charge in [-0.2, -0.15) is 0 Å². The molecule has 0 saturated carbocycles. The summed E-state index contributed by atoms with van der Waals surface area (Å²) in [5.41, 5.74) is 2.15. The molecule has 0 bridgehead atoms. The van der Waals surface area contributed by atoms with Gasteiger partial charge in [0.05, 0.1) is 12.1 Å². The summed E-state index contributed by atoms with van der Waals surface area (Å²) in [4.78, 5) is 46.5. The Morgan fingerprint density at radius 2 is 1.71 bits per heavy atom. The van der Waals surface area contributed by atoms with Crippen LogP contribution >= 0.6 is 0 Å². The van der Waals surface area contributed by atoms with E-state index in [0.29, 0.717) is 17.7 Å². The largest absolute Gasteiger partial charge is 0.350 e. The number of pyridine rings is 2. The van der Waals surface area contributed by atoms with Crippen molar-refractivity contribution in [2.24, 2.45) is 0 Å². The quantitative estimate of drug-likeness (QED) is 0.483. The van der Waals surface area contributed by atoms with Crippen LogP contribution in [0.3, 0.4) is 0 Å². The fraction of sp³-hybridized carbons (Fsp3) is 0.174. The smallest absolute Gasteiger partial charge is 0.318 e. The van der Waals surface area contributed by atoms with E-state index in [2.05, 4.69) is 15.3 Å². The van der Waals surface area contributed by atoms with E-state index in [9.17, 15) is 14.4 Å². The summed E-state index contributed by atoms with van der Waals surface area (Å²) in [6, 6.07) is 14.7. The van der Waals surface area contributed by atoms with Crippen LogP contribution in [0.5, 0.6) is 0 Å². The summed E-state index contributed by atoms with van der Waals surface area (Å²) >= 11 is 0. The summed E-state index contributed by atoms with van der Waals surface area (Å²) < 4.78 is 2.51. The van der Waals surface area contributed by atoms with Crippen LogP contribution in [0, 0.1) is 6.92 Å². The van der Waals surface area contributed by atoms with Crippen molar-refractivity contribution in [3.63, 3.8) is 0 Å². The Morgan fingerprint density at radius 1 is 0.935 bits per heavy atom. The minimum atomic E-state index is -0.764. The van der Waals surface area contributed by atoms with Crippen LogP contribution in [0.2, 0.25) is 0 Å². The number of aromatic nitrogens is 4. The van der Waals surface area contributed by atoms with E-state index in [1.165, 1.54) is 9.13 Å². The maximum atomic E-state index is 12.9. The van der Waals surface area contributed by atoms with Gasteiger partial charge in [-0.25, -0.2) is 4.98 Å². The van der Waals surface area contributed by atoms with Gasteiger partial charge in [-0.15, -0.1) is 0 Å². The Balaban J connectivity index is 1.65. The fourth-order valence-electron chi connectivity index (χ4n) is 3.44. The monoisotopic (exact) mass is 415 g/mol. The van der Waals surface area contributed by atoms with Gasteiger partial charge in [0.1, 0.15) is 6.54 Å². The Kier molecular flexibility index (Phi) is 5.70. The number of nitrogens with zero attached hydrogens (tertiary/aromatic N) is 4. The molecular weight excluding hydrogens is 394 g/mol. The molecule has 0 fully saturated rings.